The summed E-state index contributed by atoms with van der Waals surface area (Å²) in [6.45, 7) is 2.96. The SMILES string of the molecule is COC(=O)OCCNCCCN(C(=O)O)c1c2ccccc2c(N(CCCNCCOC(=O)OC)C(=O)O)c2oc(C(C)=O)cc12. The van der Waals surface area contributed by atoms with E-state index in [0.717, 1.165) is 9.80 Å². The van der Waals surface area contributed by atoms with Crippen molar-refractivity contribution in [2.24, 2.45) is 0 Å². The molecule has 16 nitrogen and oxygen atoms in total. The summed E-state index contributed by atoms with van der Waals surface area (Å²) in [5.74, 6) is -0.472. The van der Waals surface area contributed by atoms with Crippen LogP contribution in [0.4, 0.5) is 30.6 Å². The third kappa shape index (κ3) is 9.21. The number of hydrogen-bond donors (Lipinski definition) is 4. The zero-order valence-corrected chi connectivity index (χ0v) is 25.8. The molecule has 0 aliphatic rings. The molecule has 1 aromatic heterocycles. The number of Topliss-reactive ketones (excluding diaryl/α,β-unsaturated/α-hetero) is 1. The second kappa shape index (κ2) is 17.4. The Balaban J connectivity index is 1.93. The molecule has 250 valence electrons. The number of carbonyl (C=O) groups excluding carboxylic acids is 3. The molecule has 0 spiro atoms. The van der Waals surface area contributed by atoms with Crippen LogP contribution in [0.2, 0.25) is 0 Å². The molecular weight excluding hydrogens is 608 g/mol. The number of furan rings is 1. The van der Waals surface area contributed by atoms with Crippen molar-refractivity contribution in [2.45, 2.75) is 19.8 Å². The minimum absolute atomic E-state index is 0.0305. The second-order valence-electron chi connectivity index (χ2n) is 9.83. The molecule has 0 bridgehead atoms. The van der Waals surface area contributed by atoms with Crippen LogP contribution in [0.3, 0.4) is 0 Å². The number of methoxy groups -OCH3 is 2. The number of anilines is 2. The molecule has 4 N–H and O–H groups in total. The number of nitrogens with one attached hydrogen (secondary N) is 2. The molecule has 0 unspecified atom stereocenters. The van der Waals surface area contributed by atoms with Gasteiger partial charge in [0.1, 0.15) is 13.2 Å². The molecule has 0 saturated carbocycles. The van der Waals surface area contributed by atoms with E-state index in [0.29, 0.717) is 49.8 Å². The molecule has 0 aliphatic heterocycles. The van der Waals surface area contributed by atoms with Gasteiger partial charge in [0.15, 0.2) is 17.1 Å². The molecule has 3 rings (SSSR count). The first-order valence-electron chi connectivity index (χ1n) is 14.4. The van der Waals surface area contributed by atoms with Crippen LogP contribution in [0, 0.1) is 0 Å². The number of nitrogens with zero attached hydrogens (tertiary/aromatic N) is 2. The van der Waals surface area contributed by atoms with E-state index in [9.17, 15) is 34.2 Å². The molecular formula is C30H38N4O12. The quantitative estimate of drug-likeness (QED) is 0.0699. The topological polar surface area (TPSA) is 206 Å². The van der Waals surface area contributed by atoms with Gasteiger partial charge in [-0.25, -0.2) is 19.2 Å². The molecule has 0 fully saturated rings. The summed E-state index contributed by atoms with van der Waals surface area (Å²) in [5.41, 5.74) is 0.496. The maximum atomic E-state index is 12.6. The first-order valence-corrected chi connectivity index (χ1v) is 14.4. The first kappa shape index (κ1) is 35.4. The molecule has 0 atom stereocenters. The Hall–Kier alpha value is -5.09. The van der Waals surface area contributed by atoms with Gasteiger partial charge in [0.25, 0.3) is 0 Å². The minimum atomic E-state index is -1.27. The molecule has 0 aliphatic carbocycles. The van der Waals surface area contributed by atoms with E-state index in [1.807, 2.05) is 0 Å². The Morgan fingerprint density at radius 3 is 1.67 bits per heavy atom. The van der Waals surface area contributed by atoms with Crippen LogP contribution in [-0.4, -0.2) is 107 Å². The van der Waals surface area contributed by atoms with Crippen LogP contribution in [-0.2, 0) is 18.9 Å². The Kier molecular flexibility index (Phi) is 13.4. The zero-order chi connectivity index (χ0) is 33.6. The predicted octanol–water partition coefficient (Wildman–Crippen LogP) is 4.28. The van der Waals surface area contributed by atoms with Crippen LogP contribution < -0.4 is 20.4 Å². The highest BCUT2D eigenvalue weighted by Gasteiger charge is 2.29. The number of ketones is 1. The molecule has 2 amide bonds. The van der Waals surface area contributed by atoms with Crippen molar-refractivity contribution in [2.75, 3.05) is 76.5 Å². The summed E-state index contributed by atoms with van der Waals surface area (Å²) in [6.07, 6.45) is -3.40. The van der Waals surface area contributed by atoms with Gasteiger partial charge in [-0.05, 0) is 32.0 Å². The van der Waals surface area contributed by atoms with Crippen molar-refractivity contribution in [3.05, 3.63) is 36.1 Å². The summed E-state index contributed by atoms with van der Waals surface area (Å²) >= 11 is 0. The number of carbonyl (C=O) groups is 5. The Morgan fingerprint density at radius 2 is 1.22 bits per heavy atom. The lowest BCUT2D eigenvalue weighted by Crippen LogP contribution is -2.34. The fourth-order valence-electron chi connectivity index (χ4n) is 4.75. The van der Waals surface area contributed by atoms with Crippen LogP contribution in [0.1, 0.15) is 30.3 Å². The third-order valence-electron chi connectivity index (χ3n) is 6.79. The fourth-order valence-corrected chi connectivity index (χ4v) is 4.75. The standard InChI is InChI=1S/C30H38N4O12/c1-19(35)23-18-22-24(33(27(36)37)14-6-10-31-12-16-44-29(40)42-2)20-8-4-5-9-21(20)25(26(22)46-23)34(28(38)39)15-7-11-32-13-17-45-30(41)43-3/h4-5,8-9,18,31-32H,6-7,10-17H2,1-3H3,(H,36,37)(H,38,39). The molecule has 1 heterocycles. The van der Waals surface area contributed by atoms with Crippen LogP contribution in [0.5, 0.6) is 0 Å². The summed E-state index contributed by atoms with van der Waals surface area (Å²) in [6, 6.07) is 8.20. The molecule has 16 heteroatoms. The second-order valence-corrected chi connectivity index (χ2v) is 9.83. The minimum Gasteiger partial charge on any atom is -0.465 e. The van der Waals surface area contributed by atoms with E-state index in [2.05, 4.69) is 20.1 Å². The van der Waals surface area contributed by atoms with Gasteiger partial charge in [0.2, 0.25) is 0 Å². The summed E-state index contributed by atoms with van der Waals surface area (Å²) < 4.78 is 24.4. The highest BCUT2D eigenvalue weighted by molar-refractivity contribution is 6.23. The normalized spacial score (nSPS) is 10.8. The Bertz CT molecular complexity index is 1430. The van der Waals surface area contributed by atoms with Gasteiger partial charge in [-0.15, -0.1) is 0 Å². The fraction of sp³-hybridized carbons (Fsp3) is 0.433. The lowest BCUT2D eigenvalue weighted by Gasteiger charge is -2.26. The van der Waals surface area contributed by atoms with E-state index in [1.54, 1.807) is 24.3 Å². The van der Waals surface area contributed by atoms with Gasteiger partial charge in [0.05, 0.1) is 25.6 Å². The van der Waals surface area contributed by atoms with Crippen molar-refractivity contribution in [1.82, 2.24) is 10.6 Å². The van der Waals surface area contributed by atoms with E-state index in [1.165, 1.54) is 27.2 Å². The smallest absolute Gasteiger partial charge is 0.465 e. The van der Waals surface area contributed by atoms with E-state index in [-0.39, 0.29) is 54.4 Å². The number of hydrogen-bond acceptors (Lipinski definition) is 12. The van der Waals surface area contributed by atoms with Gasteiger partial charge in [-0.3, -0.25) is 14.6 Å². The highest BCUT2D eigenvalue weighted by Crippen LogP contribution is 2.45. The summed E-state index contributed by atoms with van der Waals surface area (Å²) in [5, 5.41) is 27.8. The van der Waals surface area contributed by atoms with Crippen molar-refractivity contribution in [3.63, 3.8) is 0 Å². The van der Waals surface area contributed by atoms with Crippen LogP contribution in [0.25, 0.3) is 21.7 Å². The molecule has 46 heavy (non-hydrogen) atoms. The summed E-state index contributed by atoms with van der Waals surface area (Å²) in [7, 11) is 2.41. The third-order valence-corrected chi connectivity index (χ3v) is 6.79. The lowest BCUT2D eigenvalue weighted by molar-refractivity contribution is 0.0726. The Morgan fingerprint density at radius 1 is 0.739 bits per heavy atom. The number of ether oxygens (including phenoxy) is 4. The van der Waals surface area contributed by atoms with Gasteiger partial charge in [-0.1, -0.05) is 24.3 Å². The molecule has 2 aromatic carbocycles. The number of carboxylic acid groups (broad SMARTS) is 2. The maximum Gasteiger partial charge on any atom is 0.508 e. The molecule has 3 aromatic rings. The lowest BCUT2D eigenvalue weighted by atomic mass is 10.0. The van der Waals surface area contributed by atoms with Gasteiger partial charge in [-0.2, -0.15) is 0 Å². The van der Waals surface area contributed by atoms with Crippen molar-refractivity contribution >= 4 is 63.4 Å². The van der Waals surface area contributed by atoms with Crippen molar-refractivity contribution in [3.8, 4) is 0 Å². The number of fused-ring (bicyclic) bond motifs is 2. The van der Waals surface area contributed by atoms with E-state index < -0.39 is 30.3 Å². The van der Waals surface area contributed by atoms with Gasteiger partial charge in [0, 0.05) is 49.3 Å². The number of amides is 2. The summed E-state index contributed by atoms with van der Waals surface area (Å²) in [4.78, 5) is 62.1. The zero-order valence-electron chi connectivity index (χ0n) is 25.8. The largest absolute Gasteiger partial charge is 0.508 e. The monoisotopic (exact) mass is 646 g/mol. The van der Waals surface area contributed by atoms with Crippen LogP contribution in [0.15, 0.2) is 34.7 Å². The average Bonchev–Trinajstić information content (AvgIpc) is 3.48. The van der Waals surface area contributed by atoms with Gasteiger partial charge >= 0.3 is 24.5 Å². The Labute approximate surface area is 264 Å². The highest BCUT2D eigenvalue weighted by atomic mass is 16.7. The maximum absolute atomic E-state index is 12.6. The molecule has 0 saturated heterocycles. The van der Waals surface area contributed by atoms with E-state index in [4.69, 9.17) is 13.9 Å². The first-order chi connectivity index (χ1) is 22.1. The van der Waals surface area contributed by atoms with Crippen LogP contribution >= 0.6 is 0 Å². The average molecular weight is 647 g/mol. The molecule has 0 radical (unpaired) electrons. The predicted molar refractivity (Wildman–Crippen MR) is 166 cm³/mol. The number of rotatable bonds is 17. The number of benzene rings is 2. The van der Waals surface area contributed by atoms with Crippen molar-refractivity contribution in [1.29, 1.82) is 0 Å². The van der Waals surface area contributed by atoms with E-state index >= 15 is 0 Å². The van der Waals surface area contributed by atoms with Gasteiger partial charge < -0.3 is 44.2 Å². The van der Waals surface area contributed by atoms with Crippen molar-refractivity contribution < 1.29 is 57.6 Å².